The van der Waals surface area contributed by atoms with E-state index in [1.165, 1.54) is 25.1 Å². The Morgan fingerprint density at radius 2 is 1.65 bits per heavy atom. The first-order valence-corrected chi connectivity index (χ1v) is 7.61. The molecule has 0 aliphatic rings. The van der Waals surface area contributed by atoms with Gasteiger partial charge in [-0.05, 0) is 18.2 Å². The topological polar surface area (TPSA) is 66.4 Å². The maximum atomic E-state index is 12.0. The third kappa shape index (κ3) is 6.82. The molecule has 0 saturated carbocycles. The summed E-state index contributed by atoms with van der Waals surface area (Å²) in [7, 11) is 0. The normalized spacial score (nSPS) is 8.81. The molecular formula is C21H17FeNO3-6. The monoisotopic (exact) mass is 387 g/mol. The summed E-state index contributed by atoms with van der Waals surface area (Å²) in [4.78, 5) is 22.9. The van der Waals surface area contributed by atoms with Crippen LogP contribution in [0.2, 0.25) is 0 Å². The van der Waals surface area contributed by atoms with Crippen molar-refractivity contribution in [1.82, 2.24) is 0 Å². The van der Waals surface area contributed by atoms with Crippen LogP contribution < -0.4 is 5.32 Å². The molecule has 3 rings (SSSR count). The smallest absolute Gasteiger partial charge is 0.221 e. The van der Waals surface area contributed by atoms with Gasteiger partial charge in [-0.3, -0.25) is 9.59 Å². The van der Waals surface area contributed by atoms with Crippen molar-refractivity contribution in [3.05, 3.63) is 83.9 Å². The quantitative estimate of drug-likeness (QED) is 0.232. The summed E-state index contributed by atoms with van der Waals surface area (Å²) >= 11 is 0. The summed E-state index contributed by atoms with van der Waals surface area (Å²) in [5, 5.41) is 12.2. The summed E-state index contributed by atoms with van der Waals surface area (Å²) in [5.74, 6) is 4.25. The number of phenolic OH excluding ortho intramolecular Hbond substituents is 1. The van der Waals surface area contributed by atoms with E-state index in [4.69, 9.17) is 0 Å². The molecule has 0 saturated heterocycles. The van der Waals surface area contributed by atoms with E-state index in [0.29, 0.717) is 5.69 Å². The fourth-order valence-electron chi connectivity index (χ4n) is 1.97. The zero-order valence-corrected chi connectivity index (χ0v) is 15.1. The molecule has 0 atom stereocenters. The third-order valence-electron chi connectivity index (χ3n) is 3.10. The first kappa shape index (κ1) is 21.0. The molecule has 0 radical (unpaired) electrons. The van der Waals surface area contributed by atoms with Gasteiger partial charge in [-0.2, -0.15) is 18.1 Å². The van der Waals surface area contributed by atoms with Crippen molar-refractivity contribution in [2.45, 2.75) is 6.92 Å². The molecule has 26 heavy (non-hydrogen) atoms. The van der Waals surface area contributed by atoms with Crippen molar-refractivity contribution in [2.24, 2.45) is 0 Å². The van der Waals surface area contributed by atoms with Crippen LogP contribution in [0.1, 0.15) is 22.8 Å². The van der Waals surface area contributed by atoms with Gasteiger partial charge in [0.05, 0.1) is 5.56 Å². The van der Waals surface area contributed by atoms with E-state index in [1.54, 1.807) is 12.1 Å². The zero-order valence-electron chi connectivity index (χ0n) is 14.0. The predicted molar refractivity (Wildman–Crippen MR) is 97.7 cm³/mol. The largest absolute Gasteiger partial charge is 0.748 e. The molecule has 0 aromatic heterocycles. The molecule has 0 aliphatic carbocycles. The van der Waals surface area contributed by atoms with Crippen LogP contribution in [-0.4, -0.2) is 16.8 Å². The van der Waals surface area contributed by atoms with Crippen molar-refractivity contribution in [3.63, 3.8) is 0 Å². The van der Waals surface area contributed by atoms with E-state index in [-0.39, 0.29) is 34.3 Å². The number of amides is 1. The van der Waals surface area contributed by atoms with E-state index < -0.39 is 5.78 Å². The first-order chi connectivity index (χ1) is 12.1. The molecule has 5 heteroatoms. The molecule has 2 N–H and O–H groups in total. The van der Waals surface area contributed by atoms with E-state index in [2.05, 4.69) is 17.2 Å². The number of hydrogen-bond donors (Lipinski definition) is 2. The molecule has 0 spiro atoms. The van der Waals surface area contributed by atoms with Gasteiger partial charge in [0.15, 0.2) is 5.78 Å². The van der Waals surface area contributed by atoms with Crippen LogP contribution in [0.4, 0.5) is 5.69 Å². The van der Waals surface area contributed by atoms with Crippen molar-refractivity contribution in [1.29, 1.82) is 0 Å². The second kappa shape index (κ2) is 10.7. The van der Waals surface area contributed by atoms with Crippen LogP contribution in [0.15, 0.2) is 72.8 Å². The number of benzene rings is 1. The second-order valence-electron chi connectivity index (χ2n) is 5.13. The van der Waals surface area contributed by atoms with Gasteiger partial charge in [-0.25, -0.2) is 0 Å². The van der Waals surface area contributed by atoms with Crippen molar-refractivity contribution in [2.75, 3.05) is 5.32 Å². The number of anilines is 1. The minimum atomic E-state index is -0.504. The SMILES string of the molecule is CC(=O)Nc1ccc(O)c(C(=O)C#C[c-]2cccc2)c1.[Fe].[cH-]1[cH-][cH-][cH-][cH-]1. The van der Waals surface area contributed by atoms with E-state index in [1.807, 2.05) is 42.5 Å². The molecule has 0 bridgehead atoms. The molecule has 0 fully saturated rings. The number of aromatic hydroxyl groups is 1. The number of hydrogen-bond acceptors (Lipinski definition) is 3. The maximum absolute atomic E-state index is 12.0. The number of carbonyl (C=O) groups is 2. The predicted octanol–water partition coefficient (Wildman–Crippen LogP) is 3.71. The zero-order chi connectivity index (χ0) is 18.1. The fraction of sp³-hybridized carbons (Fsp3) is 0.0476. The Labute approximate surface area is 163 Å². The Kier molecular flexibility index (Phi) is 8.66. The van der Waals surface area contributed by atoms with Gasteiger partial charge in [0.1, 0.15) is 5.75 Å². The number of Topliss-reactive ketones (excluding diaryl/α,β-unsaturated/α-hetero) is 1. The standard InChI is InChI=1S/C16H12NO3.C5H5.Fe/c1-11(18)17-13-7-9-16(20)14(10-13)15(19)8-6-12-4-2-3-5-12;1-2-4-5-3-1;/h2-5,7,9-10,20H,1H3,(H,17,18);1-5H;/q-1;-5;. The summed E-state index contributed by atoms with van der Waals surface area (Å²) in [5.41, 5.74) is 1.24. The molecule has 3 aromatic rings. The number of rotatable bonds is 2. The maximum Gasteiger partial charge on any atom is 0.221 e. The van der Waals surface area contributed by atoms with Gasteiger partial charge in [-0.15, -0.1) is 18.1 Å². The van der Waals surface area contributed by atoms with E-state index >= 15 is 0 Å². The molecule has 0 heterocycles. The average molecular weight is 387 g/mol. The Hall–Kier alpha value is -3.06. The van der Waals surface area contributed by atoms with Gasteiger partial charge in [0.2, 0.25) is 5.91 Å². The molecule has 0 unspecified atom stereocenters. The Balaban J connectivity index is 0.000000486. The number of carbonyl (C=O) groups excluding carboxylic acids is 2. The average Bonchev–Trinajstić information content (AvgIpc) is 3.30. The van der Waals surface area contributed by atoms with E-state index in [9.17, 15) is 14.7 Å². The van der Waals surface area contributed by atoms with Crippen LogP contribution in [0.5, 0.6) is 5.75 Å². The van der Waals surface area contributed by atoms with Gasteiger partial charge >= 0.3 is 0 Å². The summed E-state index contributed by atoms with van der Waals surface area (Å²) in [6.45, 7) is 1.36. The summed E-state index contributed by atoms with van der Waals surface area (Å²) in [6.07, 6.45) is 0. The number of nitrogens with one attached hydrogen (secondary N) is 1. The molecule has 3 aromatic carbocycles. The van der Waals surface area contributed by atoms with Crippen molar-refractivity contribution in [3.8, 4) is 17.6 Å². The van der Waals surface area contributed by atoms with Gasteiger partial charge in [0.25, 0.3) is 0 Å². The molecule has 4 nitrogen and oxygen atoms in total. The minimum absolute atomic E-state index is 0. The van der Waals surface area contributed by atoms with Crippen LogP contribution in [-0.2, 0) is 21.9 Å². The van der Waals surface area contributed by atoms with Crippen LogP contribution >= 0.6 is 0 Å². The van der Waals surface area contributed by atoms with Crippen LogP contribution in [0.25, 0.3) is 0 Å². The Morgan fingerprint density at radius 3 is 2.19 bits per heavy atom. The molecular weight excluding hydrogens is 370 g/mol. The van der Waals surface area contributed by atoms with E-state index in [0.717, 1.165) is 5.56 Å². The number of ketones is 1. The minimum Gasteiger partial charge on any atom is -0.748 e. The van der Waals surface area contributed by atoms with Crippen LogP contribution in [0.3, 0.4) is 0 Å². The fourth-order valence-corrected chi connectivity index (χ4v) is 1.97. The van der Waals surface area contributed by atoms with Gasteiger partial charge in [0, 0.05) is 29.7 Å². The summed E-state index contributed by atoms with van der Waals surface area (Å²) in [6, 6.07) is 21.5. The molecule has 138 valence electrons. The first-order valence-electron chi connectivity index (χ1n) is 7.61. The molecule has 0 aliphatic heterocycles. The Morgan fingerprint density at radius 1 is 1.08 bits per heavy atom. The second-order valence-corrected chi connectivity index (χ2v) is 5.13. The van der Waals surface area contributed by atoms with Gasteiger partial charge in [-0.1, -0.05) is 5.56 Å². The molecule has 1 amide bonds. The van der Waals surface area contributed by atoms with Crippen LogP contribution in [0, 0.1) is 11.8 Å². The summed E-state index contributed by atoms with van der Waals surface area (Å²) < 4.78 is 0. The van der Waals surface area contributed by atoms with Gasteiger partial charge < -0.3 is 40.8 Å². The third-order valence-corrected chi connectivity index (χ3v) is 3.10. The van der Waals surface area contributed by atoms with Crippen molar-refractivity contribution < 1.29 is 31.8 Å². The Bertz CT molecular complexity index is 868. The van der Waals surface area contributed by atoms with Crippen molar-refractivity contribution >= 4 is 17.4 Å². The number of phenols is 1.